The van der Waals surface area contributed by atoms with Gasteiger partial charge in [-0.1, -0.05) is 0 Å². The first-order chi connectivity index (χ1) is 8.61. The van der Waals surface area contributed by atoms with Crippen LogP contribution in [-0.4, -0.2) is 23.9 Å². The Balaban J connectivity index is 2.15. The van der Waals surface area contributed by atoms with E-state index in [2.05, 4.69) is 6.07 Å². The molecule has 1 saturated heterocycles. The van der Waals surface area contributed by atoms with Gasteiger partial charge in [0, 0.05) is 18.7 Å². The van der Waals surface area contributed by atoms with E-state index in [0.717, 1.165) is 12.8 Å². The molecule has 0 bridgehead atoms. The number of hydrogen-bond donors (Lipinski definition) is 0. The van der Waals surface area contributed by atoms with Crippen molar-refractivity contribution in [3.63, 3.8) is 0 Å². The minimum absolute atomic E-state index is 0.0794. The maximum absolute atomic E-state index is 13.2. The van der Waals surface area contributed by atoms with Gasteiger partial charge in [-0.3, -0.25) is 4.79 Å². The van der Waals surface area contributed by atoms with Crippen molar-refractivity contribution in [3.8, 4) is 6.07 Å². The number of nitrogens with zero attached hydrogens (tertiary/aromatic N) is 2. The second-order valence-corrected chi connectivity index (χ2v) is 4.68. The summed E-state index contributed by atoms with van der Waals surface area (Å²) in [6.07, 6.45) is 1.70. The van der Waals surface area contributed by atoms with E-state index in [0.29, 0.717) is 24.2 Å². The summed E-state index contributed by atoms with van der Waals surface area (Å²) < 4.78 is 13.2. The maximum atomic E-state index is 13.2. The second-order valence-electron chi connectivity index (χ2n) is 4.68. The molecule has 1 aromatic rings. The topological polar surface area (TPSA) is 44.1 Å². The Hall–Kier alpha value is -1.89. The Morgan fingerprint density at radius 2 is 2.33 bits per heavy atom. The highest BCUT2D eigenvalue weighted by Crippen LogP contribution is 2.19. The molecule has 1 atom stereocenters. The lowest BCUT2D eigenvalue weighted by atomic mass is 9.99. The molecule has 0 aliphatic carbocycles. The summed E-state index contributed by atoms with van der Waals surface area (Å²) in [7, 11) is 0. The number of likely N-dealkylation sites (tertiary alicyclic amines) is 1. The zero-order chi connectivity index (χ0) is 13.1. The summed E-state index contributed by atoms with van der Waals surface area (Å²) in [5.74, 6) is -0.498. The van der Waals surface area contributed by atoms with Crippen molar-refractivity contribution in [2.45, 2.75) is 19.8 Å². The van der Waals surface area contributed by atoms with Crippen LogP contribution in [0, 0.1) is 30.0 Å². The fraction of sp³-hybridized carbons (Fsp3) is 0.429. The van der Waals surface area contributed by atoms with Gasteiger partial charge in [0.2, 0.25) is 0 Å². The first kappa shape index (κ1) is 12.6. The van der Waals surface area contributed by atoms with Crippen LogP contribution in [0.5, 0.6) is 0 Å². The molecular formula is C14H15FN2O. The summed E-state index contributed by atoms with van der Waals surface area (Å²) in [6, 6.07) is 6.58. The first-order valence-corrected chi connectivity index (χ1v) is 6.07. The predicted molar refractivity (Wildman–Crippen MR) is 65.4 cm³/mol. The molecule has 1 aromatic carbocycles. The highest BCUT2D eigenvalue weighted by atomic mass is 19.1. The molecule has 2 rings (SSSR count). The Kier molecular flexibility index (Phi) is 3.61. The minimum atomic E-state index is -0.305. The lowest BCUT2D eigenvalue weighted by molar-refractivity contribution is 0.0698. The molecule has 1 aliphatic rings. The molecule has 3 nitrogen and oxygen atoms in total. The number of hydrogen-bond acceptors (Lipinski definition) is 2. The SMILES string of the molecule is Cc1cc(C(=O)N2CCCC(C#N)C2)ccc1F. The maximum Gasteiger partial charge on any atom is 0.253 e. The van der Waals surface area contributed by atoms with Gasteiger partial charge in [0.25, 0.3) is 5.91 Å². The van der Waals surface area contributed by atoms with Crippen LogP contribution in [0.4, 0.5) is 4.39 Å². The summed E-state index contributed by atoms with van der Waals surface area (Å²) in [5, 5.41) is 8.90. The lowest BCUT2D eigenvalue weighted by Crippen LogP contribution is -2.39. The molecule has 0 saturated carbocycles. The fourth-order valence-electron chi connectivity index (χ4n) is 2.23. The molecule has 1 fully saturated rings. The van der Waals surface area contributed by atoms with Crippen LogP contribution < -0.4 is 0 Å². The Morgan fingerprint density at radius 1 is 1.56 bits per heavy atom. The van der Waals surface area contributed by atoms with Crippen molar-refractivity contribution in [2.24, 2.45) is 5.92 Å². The van der Waals surface area contributed by atoms with E-state index in [1.165, 1.54) is 12.1 Å². The molecule has 0 N–H and O–H groups in total. The molecule has 1 unspecified atom stereocenters. The number of nitriles is 1. The number of aryl methyl sites for hydroxylation is 1. The van der Waals surface area contributed by atoms with E-state index in [4.69, 9.17) is 5.26 Å². The number of carbonyl (C=O) groups is 1. The van der Waals surface area contributed by atoms with Crippen LogP contribution in [0.15, 0.2) is 18.2 Å². The first-order valence-electron chi connectivity index (χ1n) is 6.07. The largest absolute Gasteiger partial charge is 0.337 e. The molecule has 94 valence electrons. The highest BCUT2D eigenvalue weighted by Gasteiger charge is 2.24. The average molecular weight is 246 g/mol. The van der Waals surface area contributed by atoms with Gasteiger partial charge in [0.1, 0.15) is 5.82 Å². The van der Waals surface area contributed by atoms with Crippen LogP contribution in [-0.2, 0) is 0 Å². The number of carbonyl (C=O) groups excluding carboxylic acids is 1. The van der Waals surface area contributed by atoms with Crippen LogP contribution in [0.1, 0.15) is 28.8 Å². The van der Waals surface area contributed by atoms with Gasteiger partial charge < -0.3 is 4.90 Å². The third-order valence-corrected chi connectivity index (χ3v) is 3.30. The third kappa shape index (κ3) is 2.51. The monoisotopic (exact) mass is 246 g/mol. The number of benzene rings is 1. The summed E-state index contributed by atoms with van der Waals surface area (Å²) >= 11 is 0. The van der Waals surface area contributed by atoms with Crippen molar-refractivity contribution >= 4 is 5.91 Å². The van der Waals surface area contributed by atoms with Gasteiger partial charge in [0.05, 0.1) is 12.0 Å². The van der Waals surface area contributed by atoms with Gasteiger partial charge in [-0.15, -0.1) is 0 Å². The molecule has 1 heterocycles. The number of rotatable bonds is 1. The minimum Gasteiger partial charge on any atom is -0.337 e. The zero-order valence-electron chi connectivity index (χ0n) is 10.3. The summed E-state index contributed by atoms with van der Waals surface area (Å²) in [6.45, 7) is 2.79. The number of halogens is 1. The van der Waals surface area contributed by atoms with Gasteiger partial charge in [-0.25, -0.2) is 4.39 Å². The van der Waals surface area contributed by atoms with Crippen LogP contribution in [0.2, 0.25) is 0 Å². The van der Waals surface area contributed by atoms with Crippen LogP contribution >= 0.6 is 0 Å². The number of amides is 1. The van der Waals surface area contributed by atoms with E-state index in [1.54, 1.807) is 17.9 Å². The van der Waals surface area contributed by atoms with Gasteiger partial charge >= 0.3 is 0 Å². The van der Waals surface area contributed by atoms with Gasteiger partial charge in [0.15, 0.2) is 0 Å². The Bertz CT molecular complexity index is 507. The van der Waals surface area contributed by atoms with Crippen molar-refractivity contribution in [3.05, 3.63) is 35.1 Å². The van der Waals surface area contributed by atoms with E-state index < -0.39 is 0 Å². The van der Waals surface area contributed by atoms with Crippen LogP contribution in [0.25, 0.3) is 0 Å². The molecule has 0 radical (unpaired) electrons. The summed E-state index contributed by atoms with van der Waals surface area (Å²) in [5.41, 5.74) is 0.960. The molecule has 0 aromatic heterocycles. The fourth-order valence-corrected chi connectivity index (χ4v) is 2.23. The summed E-state index contributed by atoms with van der Waals surface area (Å²) in [4.78, 5) is 13.9. The average Bonchev–Trinajstić information content (AvgIpc) is 2.41. The molecule has 0 spiro atoms. The van der Waals surface area contributed by atoms with Crippen molar-refractivity contribution in [1.29, 1.82) is 5.26 Å². The van der Waals surface area contributed by atoms with Crippen molar-refractivity contribution < 1.29 is 9.18 Å². The lowest BCUT2D eigenvalue weighted by Gasteiger charge is -2.29. The Morgan fingerprint density at radius 3 is 3.00 bits per heavy atom. The molecule has 1 aliphatic heterocycles. The van der Waals surface area contributed by atoms with E-state index >= 15 is 0 Å². The van der Waals surface area contributed by atoms with Crippen LogP contribution in [0.3, 0.4) is 0 Å². The molecule has 1 amide bonds. The van der Waals surface area contributed by atoms with E-state index in [1.807, 2.05) is 0 Å². The van der Waals surface area contributed by atoms with Gasteiger partial charge in [-0.05, 0) is 43.5 Å². The zero-order valence-corrected chi connectivity index (χ0v) is 10.3. The quantitative estimate of drug-likeness (QED) is 0.764. The predicted octanol–water partition coefficient (Wildman–Crippen LogP) is 2.51. The molecule has 4 heteroatoms. The highest BCUT2D eigenvalue weighted by molar-refractivity contribution is 5.94. The Labute approximate surface area is 106 Å². The molecular weight excluding hydrogens is 231 g/mol. The smallest absolute Gasteiger partial charge is 0.253 e. The van der Waals surface area contributed by atoms with Crippen molar-refractivity contribution in [1.82, 2.24) is 4.90 Å². The number of piperidine rings is 1. The molecule has 18 heavy (non-hydrogen) atoms. The van der Waals surface area contributed by atoms with E-state index in [-0.39, 0.29) is 17.6 Å². The third-order valence-electron chi connectivity index (χ3n) is 3.30. The van der Waals surface area contributed by atoms with E-state index in [9.17, 15) is 9.18 Å². The van der Waals surface area contributed by atoms with Gasteiger partial charge in [-0.2, -0.15) is 5.26 Å². The standard InChI is InChI=1S/C14H15FN2O/c1-10-7-12(4-5-13(10)15)14(18)17-6-2-3-11(8-16)9-17/h4-5,7,11H,2-3,6,9H2,1H3. The van der Waals surface area contributed by atoms with Crippen molar-refractivity contribution in [2.75, 3.05) is 13.1 Å². The normalized spacial score (nSPS) is 19.4. The second kappa shape index (κ2) is 5.18.